The van der Waals surface area contributed by atoms with Gasteiger partial charge in [-0.2, -0.15) is 0 Å². The first-order valence-corrected chi connectivity index (χ1v) is 5.83. The average molecular weight is 274 g/mol. The molecule has 0 radical (unpaired) electrons. The Labute approximate surface area is 116 Å². The Morgan fingerprint density at radius 3 is 2.40 bits per heavy atom. The van der Waals surface area contributed by atoms with E-state index in [2.05, 4.69) is 9.97 Å². The number of methoxy groups -OCH3 is 3. The van der Waals surface area contributed by atoms with Crippen LogP contribution in [-0.2, 0) is 0 Å². The van der Waals surface area contributed by atoms with Gasteiger partial charge in [-0.3, -0.25) is 4.79 Å². The smallest absolute Gasteiger partial charge is 0.243 e. The molecule has 104 valence electrons. The molecule has 0 amide bonds. The lowest BCUT2D eigenvalue weighted by atomic mass is 10.1. The van der Waals surface area contributed by atoms with Crippen molar-refractivity contribution in [2.24, 2.45) is 0 Å². The van der Waals surface area contributed by atoms with Gasteiger partial charge in [-0.15, -0.1) is 0 Å². The minimum absolute atomic E-state index is 0.137. The van der Waals surface area contributed by atoms with Crippen molar-refractivity contribution in [1.82, 2.24) is 9.97 Å². The molecule has 0 unspecified atom stereocenters. The zero-order chi connectivity index (χ0) is 14.5. The normalized spacial score (nSPS) is 9.95. The molecule has 6 nitrogen and oxygen atoms in total. The molecule has 0 aliphatic carbocycles. The Kier molecular flexibility index (Phi) is 4.14. The van der Waals surface area contributed by atoms with E-state index in [1.807, 2.05) is 0 Å². The van der Waals surface area contributed by atoms with E-state index >= 15 is 0 Å². The number of rotatable bonds is 5. The molecule has 0 bridgehead atoms. The summed E-state index contributed by atoms with van der Waals surface area (Å²) in [4.78, 5) is 20.5. The van der Waals surface area contributed by atoms with Gasteiger partial charge < -0.3 is 14.2 Å². The maximum Gasteiger partial charge on any atom is 0.243 e. The van der Waals surface area contributed by atoms with E-state index < -0.39 is 0 Å². The molecule has 0 fully saturated rings. The Morgan fingerprint density at radius 1 is 1.00 bits per heavy atom. The van der Waals surface area contributed by atoms with E-state index in [4.69, 9.17) is 14.2 Å². The maximum atomic E-state index is 12.5. The van der Waals surface area contributed by atoms with Gasteiger partial charge in [0.15, 0.2) is 5.69 Å². The fraction of sp³-hybridized carbons (Fsp3) is 0.214. The van der Waals surface area contributed by atoms with Crippen LogP contribution >= 0.6 is 0 Å². The molecule has 20 heavy (non-hydrogen) atoms. The number of benzene rings is 1. The minimum atomic E-state index is -0.325. The summed E-state index contributed by atoms with van der Waals surface area (Å²) in [5, 5.41) is 0. The third-order valence-corrected chi connectivity index (χ3v) is 2.73. The van der Waals surface area contributed by atoms with Gasteiger partial charge >= 0.3 is 0 Å². The molecule has 0 saturated heterocycles. The second-order valence-electron chi connectivity index (χ2n) is 3.81. The van der Waals surface area contributed by atoms with Crippen LogP contribution in [0.25, 0.3) is 0 Å². The predicted octanol–water partition coefficient (Wildman–Crippen LogP) is 1.73. The van der Waals surface area contributed by atoms with Crippen molar-refractivity contribution < 1.29 is 19.0 Å². The van der Waals surface area contributed by atoms with Crippen LogP contribution in [0.2, 0.25) is 0 Å². The highest BCUT2D eigenvalue weighted by Crippen LogP contribution is 2.27. The fourth-order valence-corrected chi connectivity index (χ4v) is 1.74. The third kappa shape index (κ3) is 2.54. The van der Waals surface area contributed by atoms with Crippen molar-refractivity contribution in [1.29, 1.82) is 0 Å². The number of carbonyl (C=O) groups is 1. The number of hydrogen-bond acceptors (Lipinski definition) is 6. The number of ether oxygens (including phenoxy) is 3. The summed E-state index contributed by atoms with van der Waals surface area (Å²) in [5.74, 6) is 0.858. The van der Waals surface area contributed by atoms with Crippen molar-refractivity contribution in [3.05, 3.63) is 41.9 Å². The summed E-state index contributed by atoms with van der Waals surface area (Å²) >= 11 is 0. The summed E-state index contributed by atoms with van der Waals surface area (Å²) in [7, 11) is 4.47. The molecular formula is C14H14N2O4. The van der Waals surface area contributed by atoms with E-state index in [1.54, 1.807) is 25.3 Å². The van der Waals surface area contributed by atoms with Crippen LogP contribution in [0.3, 0.4) is 0 Å². The summed E-state index contributed by atoms with van der Waals surface area (Å²) in [6.45, 7) is 0. The number of carbonyl (C=O) groups excluding carboxylic acids is 1. The van der Waals surface area contributed by atoms with E-state index in [9.17, 15) is 4.79 Å². The molecule has 1 aromatic carbocycles. The topological polar surface area (TPSA) is 70.5 Å². The van der Waals surface area contributed by atoms with Gasteiger partial charge in [-0.1, -0.05) is 0 Å². The number of hydrogen-bond donors (Lipinski definition) is 0. The highest BCUT2D eigenvalue weighted by atomic mass is 16.5. The lowest BCUT2D eigenvalue weighted by Gasteiger charge is -2.10. The van der Waals surface area contributed by atoms with Gasteiger partial charge in [-0.25, -0.2) is 9.97 Å². The number of nitrogens with zero attached hydrogens (tertiary/aromatic N) is 2. The molecule has 2 rings (SSSR count). The number of aromatic nitrogens is 2. The van der Waals surface area contributed by atoms with E-state index in [1.165, 1.54) is 26.6 Å². The largest absolute Gasteiger partial charge is 0.497 e. The first kappa shape index (κ1) is 13.8. The van der Waals surface area contributed by atoms with Crippen LogP contribution in [0, 0.1) is 0 Å². The summed E-state index contributed by atoms with van der Waals surface area (Å²) in [6.07, 6.45) is 2.90. The van der Waals surface area contributed by atoms with Gasteiger partial charge in [0.25, 0.3) is 0 Å². The molecule has 0 aliphatic rings. The van der Waals surface area contributed by atoms with E-state index in [0.717, 1.165) is 0 Å². The minimum Gasteiger partial charge on any atom is -0.497 e. The number of ketones is 1. The Balaban J connectivity index is 2.48. The van der Waals surface area contributed by atoms with Crippen LogP contribution in [0.1, 0.15) is 16.1 Å². The van der Waals surface area contributed by atoms with Crippen LogP contribution in [0.15, 0.2) is 30.6 Å². The second kappa shape index (κ2) is 6.01. The highest BCUT2D eigenvalue weighted by Gasteiger charge is 2.21. The van der Waals surface area contributed by atoms with Crippen molar-refractivity contribution in [3.63, 3.8) is 0 Å². The van der Waals surface area contributed by atoms with Crippen molar-refractivity contribution in [2.75, 3.05) is 21.3 Å². The van der Waals surface area contributed by atoms with Gasteiger partial charge in [0.05, 0.1) is 26.9 Å². The van der Waals surface area contributed by atoms with Gasteiger partial charge in [-0.05, 0) is 12.1 Å². The van der Waals surface area contributed by atoms with Crippen LogP contribution in [-0.4, -0.2) is 37.1 Å². The summed E-state index contributed by atoms with van der Waals surface area (Å²) in [5.41, 5.74) is 0.505. The van der Waals surface area contributed by atoms with E-state index in [-0.39, 0.29) is 17.4 Å². The fourth-order valence-electron chi connectivity index (χ4n) is 1.74. The van der Waals surface area contributed by atoms with Gasteiger partial charge in [0, 0.05) is 18.5 Å². The van der Waals surface area contributed by atoms with Crippen molar-refractivity contribution in [3.8, 4) is 17.4 Å². The lowest BCUT2D eigenvalue weighted by Crippen LogP contribution is -2.09. The van der Waals surface area contributed by atoms with Crippen molar-refractivity contribution in [2.45, 2.75) is 0 Å². The van der Waals surface area contributed by atoms with Gasteiger partial charge in [0.1, 0.15) is 11.5 Å². The zero-order valence-corrected chi connectivity index (χ0v) is 11.4. The molecule has 0 aliphatic heterocycles. The Bertz CT molecular complexity index is 628. The molecule has 0 atom stereocenters. The van der Waals surface area contributed by atoms with Gasteiger partial charge in [0.2, 0.25) is 11.7 Å². The molecule has 1 aromatic heterocycles. The Morgan fingerprint density at radius 2 is 1.75 bits per heavy atom. The average Bonchev–Trinajstić information content (AvgIpc) is 2.53. The molecular weight excluding hydrogens is 260 g/mol. The zero-order valence-electron chi connectivity index (χ0n) is 11.4. The van der Waals surface area contributed by atoms with Crippen LogP contribution in [0.5, 0.6) is 17.4 Å². The first-order valence-electron chi connectivity index (χ1n) is 5.83. The summed E-state index contributed by atoms with van der Waals surface area (Å²) in [6, 6.07) is 4.93. The Hall–Kier alpha value is -2.63. The quantitative estimate of drug-likeness (QED) is 0.773. The van der Waals surface area contributed by atoms with Crippen LogP contribution < -0.4 is 14.2 Å². The predicted molar refractivity (Wildman–Crippen MR) is 71.6 cm³/mol. The molecule has 0 N–H and O–H groups in total. The van der Waals surface area contributed by atoms with Crippen LogP contribution in [0.4, 0.5) is 0 Å². The summed E-state index contributed by atoms with van der Waals surface area (Å²) < 4.78 is 15.4. The first-order chi connectivity index (χ1) is 9.71. The van der Waals surface area contributed by atoms with Crippen molar-refractivity contribution >= 4 is 5.78 Å². The molecule has 0 spiro atoms. The van der Waals surface area contributed by atoms with E-state index in [0.29, 0.717) is 17.1 Å². The highest BCUT2D eigenvalue weighted by molar-refractivity contribution is 6.10. The second-order valence-corrected chi connectivity index (χ2v) is 3.81. The lowest BCUT2D eigenvalue weighted by molar-refractivity contribution is 0.102. The molecule has 0 saturated carbocycles. The monoisotopic (exact) mass is 274 g/mol. The molecule has 2 aromatic rings. The molecule has 6 heteroatoms. The SMILES string of the molecule is COc1ccc(C(=O)c2nccnc2OC)c(OC)c1. The maximum absolute atomic E-state index is 12.5. The standard InChI is InChI=1S/C14H14N2O4/c1-18-9-4-5-10(11(8-9)19-2)13(17)12-14(20-3)16-7-6-15-12/h4-8H,1-3H3. The molecule has 1 heterocycles. The third-order valence-electron chi connectivity index (χ3n) is 2.73.